The summed E-state index contributed by atoms with van der Waals surface area (Å²) in [4.78, 5) is 0. The molecule has 0 amide bonds. The van der Waals surface area contributed by atoms with E-state index >= 15 is 0 Å². The Morgan fingerprint density at radius 3 is 3.00 bits per heavy atom. The van der Waals surface area contributed by atoms with Gasteiger partial charge in [0.05, 0.1) is 0 Å². The van der Waals surface area contributed by atoms with Crippen molar-refractivity contribution in [2.75, 3.05) is 17.5 Å². The number of alkyl halides is 1. The van der Waals surface area contributed by atoms with Crippen LogP contribution in [-0.4, -0.2) is 17.5 Å². The van der Waals surface area contributed by atoms with Crippen LogP contribution in [0.2, 0.25) is 0 Å². The number of fused-ring (bicyclic) bond motifs is 1. The van der Waals surface area contributed by atoms with Crippen molar-refractivity contribution in [3.05, 3.63) is 35.4 Å². The minimum absolute atomic E-state index is 0.777. The van der Waals surface area contributed by atoms with Gasteiger partial charge in [-0.25, -0.2) is 0 Å². The summed E-state index contributed by atoms with van der Waals surface area (Å²) in [5.74, 6) is 0.777. The van der Waals surface area contributed by atoms with Gasteiger partial charge in [-0.15, -0.1) is 0 Å². The Labute approximate surface area is 93.1 Å². The molecule has 2 heteroatoms. The predicted octanol–water partition coefficient (Wildman–Crippen LogP) is 2.35. The number of halogens is 1. The Morgan fingerprint density at radius 1 is 1.38 bits per heavy atom. The lowest BCUT2D eigenvalue weighted by Gasteiger charge is -2.30. The molecule has 0 saturated carbocycles. The van der Waals surface area contributed by atoms with Crippen molar-refractivity contribution in [1.29, 1.82) is 0 Å². The second kappa shape index (κ2) is 4.42. The van der Waals surface area contributed by atoms with Gasteiger partial charge in [-0.1, -0.05) is 46.9 Å². The molecule has 0 radical (unpaired) electrons. The van der Waals surface area contributed by atoms with Crippen molar-refractivity contribution >= 4 is 22.6 Å². The molecule has 1 aromatic carbocycles. The van der Waals surface area contributed by atoms with Crippen LogP contribution >= 0.6 is 22.6 Å². The van der Waals surface area contributed by atoms with Crippen LogP contribution in [0.4, 0.5) is 0 Å². The maximum atomic E-state index is 3.47. The molecule has 0 heterocycles. The molecule has 0 fully saturated rings. The highest BCUT2D eigenvalue weighted by Gasteiger charge is 2.24. The van der Waals surface area contributed by atoms with Gasteiger partial charge in [0.2, 0.25) is 0 Å². The Morgan fingerprint density at radius 2 is 2.23 bits per heavy atom. The van der Waals surface area contributed by atoms with E-state index in [2.05, 4.69) is 52.2 Å². The second-order valence-electron chi connectivity index (χ2n) is 3.49. The Bertz CT molecular complexity index is 285. The van der Waals surface area contributed by atoms with Gasteiger partial charge in [0.1, 0.15) is 0 Å². The summed E-state index contributed by atoms with van der Waals surface area (Å²) < 4.78 is 1.20. The molecular formula is C11H14IN. The van der Waals surface area contributed by atoms with Crippen molar-refractivity contribution in [1.82, 2.24) is 5.32 Å². The first-order chi connectivity index (χ1) is 6.42. The van der Waals surface area contributed by atoms with Crippen molar-refractivity contribution in [2.45, 2.75) is 12.3 Å². The maximum Gasteiger partial charge on any atom is 0.0121 e. The third-order valence-electron chi connectivity index (χ3n) is 2.62. The van der Waals surface area contributed by atoms with E-state index in [0.29, 0.717) is 0 Å². The van der Waals surface area contributed by atoms with E-state index in [9.17, 15) is 0 Å². The first kappa shape index (κ1) is 9.46. The minimum Gasteiger partial charge on any atom is -0.315 e. The fourth-order valence-electron chi connectivity index (χ4n) is 1.89. The van der Waals surface area contributed by atoms with Gasteiger partial charge in [-0.05, 0) is 17.5 Å². The van der Waals surface area contributed by atoms with E-state index < -0.39 is 0 Å². The van der Waals surface area contributed by atoms with E-state index in [1.54, 1.807) is 11.1 Å². The molecule has 0 spiro atoms. The normalized spacial score (nSPS) is 19.3. The van der Waals surface area contributed by atoms with E-state index in [-0.39, 0.29) is 0 Å². The van der Waals surface area contributed by atoms with Crippen molar-refractivity contribution < 1.29 is 0 Å². The molecule has 1 aliphatic carbocycles. The summed E-state index contributed by atoms with van der Waals surface area (Å²) in [5, 5.41) is 3.47. The maximum absolute atomic E-state index is 3.47. The molecule has 0 saturated heterocycles. The number of nitrogens with one attached hydrogen (secondary N) is 1. The molecule has 1 unspecified atom stereocenters. The zero-order chi connectivity index (χ0) is 9.10. The van der Waals surface area contributed by atoms with E-state index in [1.165, 1.54) is 10.8 Å². The van der Waals surface area contributed by atoms with Gasteiger partial charge in [0, 0.05) is 23.4 Å². The van der Waals surface area contributed by atoms with Crippen molar-refractivity contribution in [3.63, 3.8) is 0 Å². The fourth-order valence-corrected chi connectivity index (χ4v) is 2.27. The quantitative estimate of drug-likeness (QED) is 0.509. The van der Waals surface area contributed by atoms with Gasteiger partial charge in [0.15, 0.2) is 0 Å². The van der Waals surface area contributed by atoms with Crippen LogP contribution in [0.25, 0.3) is 0 Å². The molecule has 1 nitrogen and oxygen atoms in total. The van der Waals surface area contributed by atoms with Gasteiger partial charge >= 0.3 is 0 Å². The van der Waals surface area contributed by atoms with E-state index in [4.69, 9.17) is 0 Å². The van der Waals surface area contributed by atoms with Crippen LogP contribution in [-0.2, 0) is 6.42 Å². The number of benzene rings is 1. The molecule has 1 N–H and O–H groups in total. The third-order valence-corrected chi connectivity index (χ3v) is 3.16. The summed E-state index contributed by atoms with van der Waals surface area (Å²) in [5.41, 5.74) is 3.10. The molecule has 1 aromatic rings. The first-order valence-electron chi connectivity index (χ1n) is 4.76. The molecule has 0 aliphatic heterocycles. The summed E-state index contributed by atoms with van der Waals surface area (Å²) in [6.07, 6.45) is 1.27. The Kier molecular flexibility index (Phi) is 3.22. The fraction of sp³-hybridized carbons (Fsp3) is 0.455. The standard InChI is InChI=1S/C11H14IN/c12-5-6-13-8-10-7-9-3-1-2-4-11(9)10/h1-4,10,13H,5-8H2. The SMILES string of the molecule is ICCNCC1Cc2ccccc21. The van der Waals surface area contributed by atoms with Crippen molar-refractivity contribution in [2.24, 2.45) is 0 Å². The Balaban J connectivity index is 1.87. The van der Waals surface area contributed by atoms with Gasteiger partial charge in [-0.3, -0.25) is 0 Å². The van der Waals surface area contributed by atoms with Crippen LogP contribution in [0.15, 0.2) is 24.3 Å². The summed E-state index contributed by atoms with van der Waals surface area (Å²) in [6, 6.07) is 8.77. The highest BCUT2D eigenvalue weighted by Crippen LogP contribution is 2.33. The summed E-state index contributed by atoms with van der Waals surface area (Å²) in [7, 11) is 0. The molecule has 1 aliphatic rings. The summed E-state index contributed by atoms with van der Waals surface area (Å²) >= 11 is 2.40. The highest BCUT2D eigenvalue weighted by molar-refractivity contribution is 14.1. The van der Waals surface area contributed by atoms with Crippen LogP contribution in [0, 0.1) is 0 Å². The lowest BCUT2D eigenvalue weighted by molar-refractivity contribution is 0.549. The molecule has 70 valence electrons. The minimum atomic E-state index is 0.777. The van der Waals surface area contributed by atoms with Crippen molar-refractivity contribution in [3.8, 4) is 0 Å². The molecule has 1 atom stereocenters. The largest absolute Gasteiger partial charge is 0.315 e. The number of hydrogen-bond acceptors (Lipinski definition) is 1. The molecule has 2 rings (SSSR count). The van der Waals surface area contributed by atoms with Crippen LogP contribution < -0.4 is 5.32 Å². The summed E-state index contributed by atoms with van der Waals surface area (Å²) in [6.45, 7) is 2.29. The molecule has 0 aromatic heterocycles. The van der Waals surface area contributed by atoms with E-state index in [0.717, 1.165) is 19.0 Å². The smallest absolute Gasteiger partial charge is 0.0121 e. The zero-order valence-corrected chi connectivity index (χ0v) is 9.75. The number of hydrogen-bond donors (Lipinski definition) is 1. The van der Waals surface area contributed by atoms with E-state index in [1.807, 2.05) is 0 Å². The zero-order valence-electron chi connectivity index (χ0n) is 7.59. The van der Waals surface area contributed by atoms with Crippen LogP contribution in [0.1, 0.15) is 17.0 Å². The molecule has 0 bridgehead atoms. The molecule has 13 heavy (non-hydrogen) atoms. The van der Waals surface area contributed by atoms with Gasteiger partial charge in [-0.2, -0.15) is 0 Å². The first-order valence-corrected chi connectivity index (χ1v) is 6.29. The third kappa shape index (κ3) is 2.05. The second-order valence-corrected chi connectivity index (χ2v) is 4.57. The highest BCUT2D eigenvalue weighted by atomic mass is 127. The molecular weight excluding hydrogens is 273 g/mol. The number of rotatable bonds is 4. The topological polar surface area (TPSA) is 12.0 Å². The average molecular weight is 287 g/mol. The van der Waals surface area contributed by atoms with Crippen LogP contribution in [0.3, 0.4) is 0 Å². The Hall–Kier alpha value is -0.0900. The van der Waals surface area contributed by atoms with Gasteiger partial charge < -0.3 is 5.32 Å². The average Bonchev–Trinajstić information content (AvgIpc) is 2.13. The van der Waals surface area contributed by atoms with Gasteiger partial charge in [0.25, 0.3) is 0 Å². The van der Waals surface area contributed by atoms with Crippen LogP contribution in [0.5, 0.6) is 0 Å². The monoisotopic (exact) mass is 287 g/mol. The lowest BCUT2D eigenvalue weighted by atomic mass is 9.78. The predicted molar refractivity (Wildman–Crippen MR) is 64.6 cm³/mol. The lowest BCUT2D eigenvalue weighted by Crippen LogP contribution is -2.30.